The Morgan fingerprint density at radius 2 is 1.00 bits per heavy atom. The van der Waals surface area contributed by atoms with Gasteiger partial charge in [0.25, 0.3) is 0 Å². The summed E-state index contributed by atoms with van der Waals surface area (Å²) in [5.74, 6) is 0. The Labute approximate surface area is 60.2 Å². The fourth-order valence-corrected chi connectivity index (χ4v) is 0. The van der Waals surface area contributed by atoms with Crippen molar-refractivity contribution in [1.29, 1.82) is 0 Å². The van der Waals surface area contributed by atoms with E-state index in [0.29, 0.717) is 0 Å². The van der Waals surface area contributed by atoms with Crippen LogP contribution in [-0.4, -0.2) is 10.5 Å². The van der Waals surface area contributed by atoms with E-state index in [1.54, 1.807) is 0 Å². The molecule has 0 aromatic carbocycles. The van der Waals surface area contributed by atoms with E-state index in [2.05, 4.69) is 5.04 Å². The van der Waals surface area contributed by atoms with Gasteiger partial charge in [-0.2, -0.15) is 0 Å². The third-order valence-electron chi connectivity index (χ3n) is 0. The van der Waals surface area contributed by atoms with E-state index < -0.39 is 0 Å². The topological polar surface area (TPSA) is 78.2 Å². The molecule has 6 heavy (non-hydrogen) atoms. The Hall–Kier alpha value is 1.09. The first-order valence-corrected chi connectivity index (χ1v) is 0.365. The smallest absolute Gasteiger partial charge is 2.00 e. The molecular weight excluding hydrogens is 195 g/mol. The second-order valence-electron chi connectivity index (χ2n) is 0.0816. The van der Waals surface area contributed by atoms with Crippen LogP contribution in [-0.2, 0) is 49.5 Å². The summed E-state index contributed by atoms with van der Waals surface area (Å²) < 4.78 is 0. The molecule has 0 heterocycles. The van der Waals surface area contributed by atoms with Gasteiger partial charge >= 0.3 is 39.0 Å². The Morgan fingerprint density at radius 1 is 1.00 bits per heavy atom. The van der Waals surface area contributed by atoms with Crippen molar-refractivity contribution in [1.82, 2.24) is 0 Å². The third-order valence-corrected chi connectivity index (χ3v) is 0. The Kier molecular flexibility index (Phi) is 166. The molecule has 0 atom stereocenters. The molecule has 0 bridgehead atoms. The van der Waals surface area contributed by atoms with Gasteiger partial charge in [-0.15, -0.1) is 0 Å². The minimum absolute atomic E-state index is 0. The van der Waals surface area contributed by atoms with E-state index in [1.807, 2.05) is 0 Å². The summed E-state index contributed by atoms with van der Waals surface area (Å²) in [5.41, 5.74) is 0. The maximum Gasteiger partial charge on any atom is 2.00 e. The quantitative estimate of drug-likeness (QED) is 0.321. The van der Waals surface area contributed by atoms with E-state index in [9.17, 15) is 0 Å². The molecule has 0 unspecified atom stereocenters. The Balaban J connectivity index is -0.00000000667. The van der Waals surface area contributed by atoms with Gasteiger partial charge in [0.1, 0.15) is 0 Å². The van der Waals surface area contributed by atoms with Crippen molar-refractivity contribution in [3.8, 4) is 0 Å². The van der Waals surface area contributed by atoms with Crippen LogP contribution in [0.15, 0.2) is 0 Å². The average Bonchev–Trinajstić information content (AvgIpc) is 0.918. The van der Waals surface area contributed by atoms with Crippen LogP contribution >= 0.6 is 0 Å². The molecule has 0 aliphatic heterocycles. The van der Waals surface area contributed by atoms with Crippen LogP contribution < -0.4 is 0 Å². The summed E-state index contributed by atoms with van der Waals surface area (Å²) in [4.78, 5) is 0. The first-order valence-electron chi connectivity index (χ1n) is 0.365. The normalized spacial score (nSPS) is 3.00. The van der Waals surface area contributed by atoms with E-state index in [1.165, 1.54) is 0 Å². The van der Waals surface area contributed by atoms with Crippen LogP contribution in [0.1, 0.15) is 0 Å². The SMILES string of the molecule is OOO.[O-2].[Zn+2].[Zn+2]. The summed E-state index contributed by atoms with van der Waals surface area (Å²) in [6.45, 7) is 0. The first-order chi connectivity index (χ1) is 1.41. The van der Waals surface area contributed by atoms with Gasteiger partial charge in [-0.3, -0.25) is 0 Å². The molecule has 4 nitrogen and oxygen atoms in total. The summed E-state index contributed by atoms with van der Waals surface area (Å²) in [5, 5.41) is 15.5. The van der Waals surface area contributed by atoms with Crippen molar-refractivity contribution >= 4 is 0 Å². The summed E-state index contributed by atoms with van der Waals surface area (Å²) >= 11 is 0. The fourth-order valence-electron chi connectivity index (χ4n) is 0. The molecule has 0 rings (SSSR count). The van der Waals surface area contributed by atoms with E-state index in [-0.39, 0.29) is 44.4 Å². The predicted molar refractivity (Wildman–Crippen MR) is 7.03 cm³/mol. The first kappa shape index (κ1) is 27.6. The van der Waals surface area contributed by atoms with Crippen LogP contribution in [0.25, 0.3) is 0 Å². The monoisotopic (exact) mass is 194 g/mol. The molecular formula is H2O4Zn2+2. The fraction of sp³-hybridized carbons (Fsp3) is 0. The Bertz CT molecular complexity index is 5.51. The van der Waals surface area contributed by atoms with Gasteiger partial charge < -0.3 is 5.48 Å². The third kappa shape index (κ3) is 71.9. The molecule has 0 aromatic heterocycles. The molecule has 0 amide bonds. The maximum atomic E-state index is 6.62. The molecule has 2 N–H and O–H groups in total. The van der Waals surface area contributed by atoms with Gasteiger partial charge in [0.2, 0.25) is 0 Å². The van der Waals surface area contributed by atoms with Gasteiger partial charge in [-0.25, -0.2) is 10.5 Å². The van der Waals surface area contributed by atoms with Crippen LogP contribution in [0.4, 0.5) is 0 Å². The van der Waals surface area contributed by atoms with E-state index in [4.69, 9.17) is 10.5 Å². The largest absolute Gasteiger partial charge is 2.00 e. The molecule has 0 radical (unpaired) electrons. The molecule has 0 saturated carbocycles. The van der Waals surface area contributed by atoms with Gasteiger partial charge in [-0.1, -0.05) is 5.04 Å². The zero-order valence-electron chi connectivity index (χ0n) is 3.13. The van der Waals surface area contributed by atoms with Crippen molar-refractivity contribution in [2.75, 3.05) is 0 Å². The van der Waals surface area contributed by atoms with Crippen LogP contribution in [0.2, 0.25) is 0 Å². The standard InChI is InChI=1S/H2O3.O.2Zn/c1-3-2;;;/h1-2H;;;/q;-2;2*+2. The van der Waals surface area contributed by atoms with E-state index in [0.717, 1.165) is 0 Å². The minimum atomic E-state index is 0. The van der Waals surface area contributed by atoms with Crippen LogP contribution in [0, 0.1) is 0 Å². The van der Waals surface area contributed by atoms with Crippen molar-refractivity contribution in [3.63, 3.8) is 0 Å². The zero-order valence-corrected chi connectivity index (χ0v) is 9.06. The van der Waals surface area contributed by atoms with Crippen LogP contribution in [0.5, 0.6) is 0 Å². The molecule has 0 fully saturated rings. The second kappa shape index (κ2) is 36.2. The van der Waals surface area contributed by atoms with Crippen molar-refractivity contribution in [2.24, 2.45) is 0 Å². The van der Waals surface area contributed by atoms with Crippen molar-refractivity contribution in [3.05, 3.63) is 0 Å². The Morgan fingerprint density at radius 3 is 1.00 bits per heavy atom. The molecule has 0 aromatic rings. The van der Waals surface area contributed by atoms with E-state index >= 15 is 0 Å². The minimum Gasteiger partial charge on any atom is -2.00 e. The number of hydrogen-bond donors (Lipinski definition) is 2. The second-order valence-corrected chi connectivity index (χ2v) is 0.0816. The summed E-state index contributed by atoms with van der Waals surface area (Å²) in [6.07, 6.45) is 0. The predicted octanol–water partition coefficient (Wildman–Crippen LogP) is -0.175. The molecule has 0 aliphatic rings. The van der Waals surface area contributed by atoms with Crippen LogP contribution in [0.3, 0.4) is 0 Å². The van der Waals surface area contributed by atoms with Gasteiger partial charge in [0.15, 0.2) is 0 Å². The zero-order chi connectivity index (χ0) is 2.71. The van der Waals surface area contributed by atoms with Crippen molar-refractivity contribution in [2.45, 2.75) is 0 Å². The van der Waals surface area contributed by atoms with Crippen molar-refractivity contribution < 1.29 is 60.0 Å². The molecule has 0 spiro atoms. The van der Waals surface area contributed by atoms with Gasteiger partial charge in [0, 0.05) is 0 Å². The average molecular weight is 197 g/mol. The maximum absolute atomic E-state index is 6.62. The number of rotatable bonds is 0. The molecule has 28 valence electrons. The summed E-state index contributed by atoms with van der Waals surface area (Å²) in [6, 6.07) is 0. The van der Waals surface area contributed by atoms with Gasteiger partial charge in [0.05, 0.1) is 0 Å². The molecule has 0 aliphatic carbocycles. The van der Waals surface area contributed by atoms with Gasteiger partial charge in [-0.05, 0) is 0 Å². The molecule has 0 saturated heterocycles. The summed E-state index contributed by atoms with van der Waals surface area (Å²) in [7, 11) is 0. The molecule has 6 heteroatoms. The number of hydrogen-bond acceptors (Lipinski definition) is 3.